The smallest absolute Gasteiger partial charge is 0.255 e. The average Bonchev–Trinajstić information content (AvgIpc) is 2.68. The van der Waals surface area contributed by atoms with E-state index in [1.54, 1.807) is 0 Å². The number of rotatable bonds is 2. The van der Waals surface area contributed by atoms with Crippen molar-refractivity contribution < 1.29 is 9.18 Å². The molecule has 1 heterocycles. The van der Waals surface area contributed by atoms with E-state index < -0.39 is 5.82 Å². The van der Waals surface area contributed by atoms with Crippen molar-refractivity contribution in [2.24, 2.45) is 11.8 Å². The first-order valence-corrected chi connectivity index (χ1v) is 8.23. The zero-order valence-corrected chi connectivity index (χ0v) is 14.1. The number of hydrogen-bond donors (Lipinski definition) is 1. The number of carbonyl (C=O) groups is 1. The standard InChI is InChI=1S/C16H22BrFN2O/c1-10(2)11-4-3-6-20(7-5-11)16(21)12-8-15(19)14(18)9-13(12)17/h8-11H,3-7,19H2,1-2H3. The molecule has 0 radical (unpaired) electrons. The third-order valence-corrected chi connectivity index (χ3v) is 4.98. The van der Waals surface area contributed by atoms with E-state index in [1.165, 1.54) is 12.1 Å². The summed E-state index contributed by atoms with van der Waals surface area (Å²) in [6.07, 6.45) is 3.20. The van der Waals surface area contributed by atoms with Crippen molar-refractivity contribution in [2.75, 3.05) is 18.8 Å². The summed E-state index contributed by atoms with van der Waals surface area (Å²) in [5.74, 6) is 0.741. The normalized spacial score (nSPS) is 19.7. The molecule has 1 aromatic carbocycles. The van der Waals surface area contributed by atoms with Gasteiger partial charge >= 0.3 is 0 Å². The topological polar surface area (TPSA) is 46.3 Å². The number of carbonyl (C=O) groups excluding carboxylic acids is 1. The molecule has 0 saturated carbocycles. The van der Waals surface area contributed by atoms with Gasteiger partial charge < -0.3 is 10.6 Å². The van der Waals surface area contributed by atoms with Gasteiger partial charge in [0.05, 0.1) is 11.3 Å². The van der Waals surface area contributed by atoms with E-state index in [9.17, 15) is 9.18 Å². The van der Waals surface area contributed by atoms with Crippen LogP contribution >= 0.6 is 15.9 Å². The number of anilines is 1. The van der Waals surface area contributed by atoms with Crippen LogP contribution in [0.25, 0.3) is 0 Å². The van der Waals surface area contributed by atoms with Crippen LogP contribution in [0.3, 0.4) is 0 Å². The van der Waals surface area contributed by atoms with Crippen molar-refractivity contribution in [2.45, 2.75) is 33.1 Å². The van der Waals surface area contributed by atoms with Gasteiger partial charge in [-0.2, -0.15) is 0 Å². The van der Waals surface area contributed by atoms with Gasteiger partial charge in [-0.05, 0) is 59.2 Å². The van der Waals surface area contributed by atoms with E-state index >= 15 is 0 Å². The lowest BCUT2D eigenvalue weighted by Crippen LogP contribution is -2.32. The minimum absolute atomic E-state index is 0.0106. The van der Waals surface area contributed by atoms with Gasteiger partial charge in [-0.1, -0.05) is 13.8 Å². The molecule has 0 spiro atoms. The zero-order chi connectivity index (χ0) is 15.6. The average molecular weight is 357 g/mol. The first kappa shape index (κ1) is 16.3. The lowest BCUT2D eigenvalue weighted by atomic mass is 9.89. The summed E-state index contributed by atoms with van der Waals surface area (Å²) in [5, 5.41) is 0. The van der Waals surface area contributed by atoms with E-state index in [1.807, 2.05) is 4.90 Å². The summed E-state index contributed by atoms with van der Waals surface area (Å²) in [6, 6.07) is 2.68. The minimum Gasteiger partial charge on any atom is -0.396 e. The van der Waals surface area contributed by atoms with Crippen LogP contribution in [0, 0.1) is 17.7 Å². The quantitative estimate of drug-likeness (QED) is 0.811. The van der Waals surface area contributed by atoms with E-state index in [4.69, 9.17) is 5.73 Å². The number of nitrogen functional groups attached to an aromatic ring is 1. The molecule has 1 amide bonds. The molecule has 3 nitrogen and oxygen atoms in total. The molecular formula is C16H22BrFN2O. The van der Waals surface area contributed by atoms with E-state index in [0.717, 1.165) is 32.4 Å². The van der Waals surface area contributed by atoms with Crippen molar-refractivity contribution in [1.82, 2.24) is 4.90 Å². The maximum atomic E-state index is 13.4. The van der Waals surface area contributed by atoms with Crippen molar-refractivity contribution in [1.29, 1.82) is 0 Å². The van der Waals surface area contributed by atoms with Crippen LogP contribution in [0.15, 0.2) is 16.6 Å². The van der Waals surface area contributed by atoms with Crippen LogP contribution < -0.4 is 5.73 Å². The number of likely N-dealkylation sites (tertiary alicyclic amines) is 1. The molecule has 116 valence electrons. The summed E-state index contributed by atoms with van der Waals surface area (Å²) in [4.78, 5) is 14.5. The van der Waals surface area contributed by atoms with Crippen LogP contribution in [0.1, 0.15) is 43.5 Å². The highest BCUT2D eigenvalue weighted by molar-refractivity contribution is 9.10. The second-order valence-corrected chi connectivity index (χ2v) is 6.94. The molecule has 0 aliphatic carbocycles. The van der Waals surface area contributed by atoms with Gasteiger partial charge in [-0.3, -0.25) is 4.79 Å². The second-order valence-electron chi connectivity index (χ2n) is 6.08. The van der Waals surface area contributed by atoms with Crippen molar-refractivity contribution in [3.05, 3.63) is 28.0 Å². The SMILES string of the molecule is CC(C)C1CCCN(C(=O)c2cc(N)c(F)cc2Br)CC1. The minimum atomic E-state index is -0.505. The number of nitrogens with zero attached hydrogens (tertiary/aromatic N) is 1. The Hall–Kier alpha value is -1.10. The molecule has 2 rings (SSSR count). The van der Waals surface area contributed by atoms with E-state index in [2.05, 4.69) is 29.8 Å². The Bertz CT molecular complexity index is 533. The molecule has 5 heteroatoms. The highest BCUT2D eigenvalue weighted by Gasteiger charge is 2.24. The Balaban J connectivity index is 2.15. The molecule has 1 aliphatic heterocycles. The second kappa shape index (κ2) is 6.77. The van der Waals surface area contributed by atoms with Crippen LogP contribution in [0.2, 0.25) is 0 Å². The maximum Gasteiger partial charge on any atom is 0.255 e. The predicted octanol–water partition coefficient (Wildman–Crippen LogP) is 4.07. The fourth-order valence-electron chi connectivity index (χ4n) is 2.89. The summed E-state index contributed by atoms with van der Waals surface area (Å²) in [7, 11) is 0. The largest absolute Gasteiger partial charge is 0.396 e. The predicted molar refractivity (Wildman–Crippen MR) is 86.6 cm³/mol. The number of hydrogen-bond acceptors (Lipinski definition) is 2. The third kappa shape index (κ3) is 3.76. The molecule has 21 heavy (non-hydrogen) atoms. The van der Waals surface area contributed by atoms with Crippen molar-refractivity contribution >= 4 is 27.5 Å². The van der Waals surface area contributed by atoms with E-state index in [0.29, 0.717) is 21.9 Å². The lowest BCUT2D eigenvalue weighted by Gasteiger charge is -2.22. The molecule has 2 N–H and O–H groups in total. The number of amides is 1. The molecule has 1 unspecified atom stereocenters. The summed E-state index contributed by atoms with van der Waals surface area (Å²) in [5.41, 5.74) is 6.04. The summed E-state index contributed by atoms with van der Waals surface area (Å²) < 4.78 is 13.9. The highest BCUT2D eigenvalue weighted by atomic mass is 79.9. The van der Waals surface area contributed by atoms with E-state index in [-0.39, 0.29) is 11.6 Å². The fraction of sp³-hybridized carbons (Fsp3) is 0.562. The van der Waals surface area contributed by atoms with Crippen LogP contribution in [-0.2, 0) is 0 Å². The molecule has 1 aliphatic rings. The van der Waals surface area contributed by atoms with Crippen LogP contribution in [-0.4, -0.2) is 23.9 Å². The number of benzene rings is 1. The lowest BCUT2D eigenvalue weighted by molar-refractivity contribution is 0.0758. The third-order valence-electron chi connectivity index (χ3n) is 4.32. The molecule has 1 saturated heterocycles. The van der Waals surface area contributed by atoms with Crippen LogP contribution in [0.5, 0.6) is 0 Å². The maximum absolute atomic E-state index is 13.4. The molecule has 1 fully saturated rings. The van der Waals surface area contributed by atoms with Gasteiger partial charge in [-0.25, -0.2) is 4.39 Å². The molecule has 1 atom stereocenters. The fourth-order valence-corrected chi connectivity index (χ4v) is 3.38. The van der Waals surface area contributed by atoms with Gasteiger partial charge in [0.2, 0.25) is 0 Å². The van der Waals surface area contributed by atoms with Crippen molar-refractivity contribution in [3.8, 4) is 0 Å². The van der Waals surface area contributed by atoms with Gasteiger partial charge in [-0.15, -0.1) is 0 Å². The first-order chi connectivity index (χ1) is 9.90. The van der Waals surface area contributed by atoms with Gasteiger partial charge in [0, 0.05) is 17.6 Å². The van der Waals surface area contributed by atoms with Gasteiger partial charge in [0.25, 0.3) is 5.91 Å². The van der Waals surface area contributed by atoms with Crippen LogP contribution in [0.4, 0.5) is 10.1 Å². The molecule has 0 bridgehead atoms. The number of halogens is 2. The van der Waals surface area contributed by atoms with Gasteiger partial charge in [0.1, 0.15) is 5.82 Å². The van der Waals surface area contributed by atoms with Gasteiger partial charge in [0.15, 0.2) is 0 Å². The summed E-state index contributed by atoms with van der Waals surface area (Å²) >= 11 is 3.26. The molecule has 1 aromatic rings. The Kier molecular flexibility index (Phi) is 5.25. The van der Waals surface area contributed by atoms with Crippen molar-refractivity contribution in [3.63, 3.8) is 0 Å². The summed E-state index contributed by atoms with van der Waals surface area (Å²) in [6.45, 7) is 5.98. The molecule has 0 aromatic heterocycles. The Labute approximate surface area is 133 Å². The Morgan fingerprint density at radius 2 is 2.10 bits per heavy atom. The zero-order valence-electron chi connectivity index (χ0n) is 12.5. The Morgan fingerprint density at radius 1 is 1.38 bits per heavy atom. The monoisotopic (exact) mass is 356 g/mol. The molecular weight excluding hydrogens is 335 g/mol. The highest BCUT2D eigenvalue weighted by Crippen LogP contribution is 2.28. The Morgan fingerprint density at radius 3 is 2.76 bits per heavy atom. The first-order valence-electron chi connectivity index (χ1n) is 7.44. The number of nitrogens with two attached hydrogens (primary N) is 1.